The summed E-state index contributed by atoms with van der Waals surface area (Å²) < 4.78 is 18.8. The van der Waals surface area contributed by atoms with Crippen molar-refractivity contribution >= 4 is 34.6 Å². The summed E-state index contributed by atoms with van der Waals surface area (Å²) in [4.78, 5) is 29.1. The Kier molecular flexibility index (Phi) is 8.15. The second kappa shape index (κ2) is 11.9. The van der Waals surface area contributed by atoms with Crippen LogP contribution in [-0.2, 0) is 23.2 Å². The van der Waals surface area contributed by atoms with E-state index in [2.05, 4.69) is 4.98 Å². The van der Waals surface area contributed by atoms with Crippen molar-refractivity contribution in [2.24, 2.45) is 7.05 Å². The highest BCUT2D eigenvalue weighted by molar-refractivity contribution is 6.11. The Bertz CT molecular complexity index is 1440. The molecule has 0 saturated heterocycles. The fraction of sp³-hybridized carbons (Fsp3) is 0.167. The van der Waals surface area contributed by atoms with E-state index in [0.29, 0.717) is 22.8 Å². The zero-order valence-corrected chi connectivity index (χ0v) is 21.0. The molecule has 37 heavy (non-hydrogen) atoms. The normalized spacial score (nSPS) is 11.3. The van der Waals surface area contributed by atoms with Crippen molar-refractivity contribution in [2.75, 3.05) is 14.2 Å². The molecule has 0 aliphatic carbocycles. The lowest BCUT2D eigenvalue weighted by atomic mass is 10.1. The topological polar surface area (TPSA) is 79.7 Å². The van der Waals surface area contributed by atoms with Crippen LogP contribution in [-0.4, -0.2) is 35.3 Å². The molecule has 0 unspecified atom stereocenters. The van der Waals surface area contributed by atoms with Gasteiger partial charge in [-0.3, -0.25) is 14.6 Å². The average molecular weight is 497 g/mol. The van der Waals surface area contributed by atoms with E-state index in [9.17, 15) is 9.59 Å². The number of hydrogen-bond acceptors (Lipinski definition) is 6. The lowest BCUT2D eigenvalue weighted by molar-refractivity contribution is -0.121. The van der Waals surface area contributed by atoms with Crippen LogP contribution >= 0.6 is 0 Å². The summed E-state index contributed by atoms with van der Waals surface area (Å²) >= 11 is 0. The van der Waals surface area contributed by atoms with Crippen molar-refractivity contribution in [3.63, 3.8) is 0 Å². The number of aryl methyl sites for hydroxylation is 1. The van der Waals surface area contributed by atoms with Gasteiger partial charge in [-0.2, -0.15) is 0 Å². The van der Waals surface area contributed by atoms with E-state index in [-0.39, 0.29) is 24.6 Å². The van der Waals surface area contributed by atoms with E-state index in [1.165, 1.54) is 26.4 Å². The number of allylic oxidation sites excluding steroid dienone is 2. The Labute approximate surface area is 215 Å². The molecule has 0 aliphatic rings. The Morgan fingerprint density at radius 2 is 1.65 bits per heavy atom. The maximum absolute atomic E-state index is 12.5. The van der Waals surface area contributed by atoms with Gasteiger partial charge in [0.15, 0.2) is 11.6 Å². The predicted octanol–water partition coefficient (Wildman–Crippen LogP) is 5.42. The van der Waals surface area contributed by atoms with Gasteiger partial charge in [0, 0.05) is 37.1 Å². The molecule has 2 aromatic heterocycles. The van der Waals surface area contributed by atoms with E-state index >= 15 is 0 Å². The molecule has 0 fully saturated rings. The zero-order chi connectivity index (χ0) is 26.2. The van der Waals surface area contributed by atoms with Gasteiger partial charge in [-0.25, -0.2) is 0 Å². The summed E-state index contributed by atoms with van der Waals surface area (Å²) in [6.07, 6.45) is 9.55. The molecule has 2 heterocycles. The fourth-order valence-electron chi connectivity index (χ4n) is 3.84. The van der Waals surface area contributed by atoms with Gasteiger partial charge in [0.2, 0.25) is 0 Å². The second-order valence-electron chi connectivity index (χ2n) is 8.37. The number of pyridine rings is 1. The molecule has 0 N–H and O–H groups in total. The van der Waals surface area contributed by atoms with Crippen LogP contribution in [0.5, 0.6) is 17.2 Å². The largest absolute Gasteiger partial charge is 0.496 e. The van der Waals surface area contributed by atoms with E-state index in [4.69, 9.17) is 14.2 Å². The van der Waals surface area contributed by atoms with Gasteiger partial charge in [0.1, 0.15) is 23.9 Å². The van der Waals surface area contributed by atoms with Crippen LogP contribution in [0.2, 0.25) is 0 Å². The maximum Gasteiger partial charge on any atom is 0.163 e. The van der Waals surface area contributed by atoms with Crippen LogP contribution in [0.25, 0.3) is 23.1 Å². The molecule has 0 aliphatic heterocycles. The lowest BCUT2D eigenvalue weighted by Crippen LogP contribution is -2.02. The molecule has 0 radical (unpaired) electrons. The summed E-state index contributed by atoms with van der Waals surface area (Å²) in [7, 11) is 5.02. The number of aromatic nitrogens is 2. The predicted molar refractivity (Wildman–Crippen MR) is 144 cm³/mol. The fourth-order valence-corrected chi connectivity index (χ4v) is 3.84. The Morgan fingerprint density at radius 3 is 2.32 bits per heavy atom. The smallest absolute Gasteiger partial charge is 0.163 e. The lowest BCUT2D eigenvalue weighted by Gasteiger charge is -2.14. The molecule has 0 atom stereocenters. The first-order valence-corrected chi connectivity index (χ1v) is 11.7. The third-order valence-corrected chi connectivity index (χ3v) is 5.79. The average Bonchev–Trinajstić information content (AvgIpc) is 3.29. The van der Waals surface area contributed by atoms with Crippen LogP contribution in [0.3, 0.4) is 0 Å². The molecular weight excluding hydrogens is 468 g/mol. The number of ketones is 2. The molecule has 7 nitrogen and oxygen atoms in total. The van der Waals surface area contributed by atoms with Crippen molar-refractivity contribution in [3.05, 3.63) is 96.0 Å². The second-order valence-corrected chi connectivity index (χ2v) is 8.37. The first-order chi connectivity index (χ1) is 18.0. The third-order valence-electron chi connectivity index (χ3n) is 5.79. The molecule has 188 valence electrons. The highest BCUT2D eigenvalue weighted by Crippen LogP contribution is 2.35. The minimum Gasteiger partial charge on any atom is -0.496 e. The number of carbonyl (C=O) groups excluding carboxylic acids is 2. The van der Waals surface area contributed by atoms with Gasteiger partial charge >= 0.3 is 0 Å². The van der Waals surface area contributed by atoms with Crippen molar-refractivity contribution in [1.29, 1.82) is 0 Å². The summed E-state index contributed by atoms with van der Waals surface area (Å²) in [5, 5.41) is 1.13. The van der Waals surface area contributed by atoms with Gasteiger partial charge in [-0.1, -0.05) is 24.3 Å². The van der Waals surface area contributed by atoms with Crippen molar-refractivity contribution in [3.8, 4) is 17.2 Å². The highest BCUT2D eigenvalue weighted by Gasteiger charge is 2.13. The van der Waals surface area contributed by atoms with Gasteiger partial charge < -0.3 is 18.8 Å². The van der Waals surface area contributed by atoms with Crippen LogP contribution in [0.1, 0.15) is 23.2 Å². The number of fused-ring (bicyclic) bond motifs is 1. The van der Waals surface area contributed by atoms with Gasteiger partial charge in [0.05, 0.1) is 31.9 Å². The number of ether oxygens (including phenoxy) is 3. The van der Waals surface area contributed by atoms with E-state index in [1.807, 2.05) is 60.3 Å². The number of benzene rings is 2. The molecule has 0 amide bonds. The van der Waals surface area contributed by atoms with E-state index in [0.717, 1.165) is 22.2 Å². The first kappa shape index (κ1) is 25.4. The zero-order valence-electron chi connectivity index (χ0n) is 21.0. The molecule has 4 aromatic rings. The van der Waals surface area contributed by atoms with Crippen LogP contribution in [0, 0.1) is 0 Å². The quantitative estimate of drug-likeness (QED) is 0.204. The SMILES string of the molecule is COc1cc(OCc2ccccn2)cc(OC)c1/C=C/C(=O)CC(=O)/C=C/c1ccc2ccn(C)c2c1. The minimum absolute atomic E-state index is 0.241. The summed E-state index contributed by atoms with van der Waals surface area (Å²) in [6.45, 7) is 0.287. The van der Waals surface area contributed by atoms with Crippen LogP contribution in [0.4, 0.5) is 0 Å². The Morgan fingerprint density at radius 1 is 0.919 bits per heavy atom. The summed E-state index contributed by atoms with van der Waals surface area (Å²) in [6, 6.07) is 17.0. The summed E-state index contributed by atoms with van der Waals surface area (Å²) in [5.41, 5.74) is 3.33. The maximum atomic E-state index is 12.5. The third kappa shape index (κ3) is 6.52. The number of rotatable bonds is 11. The molecule has 0 saturated carbocycles. The van der Waals surface area contributed by atoms with Crippen molar-refractivity contribution in [1.82, 2.24) is 9.55 Å². The molecule has 2 aromatic carbocycles. The van der Waals surface area contributed by atoms with Gasteiger partial charge in [-0.05, 0) is 53.4 Å². The Balaban J connectivity index is 1.41. The standard InChI is InChI=1S/C30H28N2O5/c1-32-15-13-22-9-7-21(16-28(22)32)8-10-24(33)17-25(34)11-12-27-29(35-2)18-26(19-30(27)36-3)37-20-23-6-4-5-14-31-23/h4-16,18-19H,17,20H2,1-3H3/b10-8+,12-11+. The highest BCUT2D eigenvalue weighted by atomic mass is 16.5. The molecule has 0 bridgehead atoms. The number of hydrogen-bond donors (Lipinski definition) is 0. The van der Waals surface area contributed by atoms with Gasteiger partial charge in [-0.15, -0.1) is 0 Å². The molecule has 4 rings (SSSR count). The van der Waals surface area contributed by atoms with E-state index in [1.54, 1.807) is 30.5 Å². The monoisotopic (exact) mass is 496 g/mol. The number of methoxy groups -OCH3 is 2. The summed E-state index contributed by atoms with van der Waals surface area (Å²) in [5.74, 6) is 0.881. The van der Waals surface area contributed by atoms with Crippen molar-refractivity contribution < 1.29 is 23.8 Å². The molecular formula is C30H28N2O5. The number of nitrogens with zero attached hydrogens (tertiary/aromatic N) is 2. The minimum atomic E-state index is -0.327. The first-order valence-electron chi connectivity index (χ1n) is 11.7. The Hall–Kier alpha value is -4.65. The van der Waals surface area contributed by atoms with Crippen molar-refractivity contribution in [2.45, 2.75) is 13.0 Å². The van der Waals surface area contributed by atoms with Gasteiger partial charge in [0.25, 0.3) is 0 Å². The van der Waals surface area contributed by atoms with E-state index < -0.39 is 0 Å². The number of carbonyl (C=O) groups is 2. The molecule has 0 spiro atoms. The molecule has 7 heteroatoms. The van der Waals surface area contributed by atoms with Crippen LogP contribution < -0.4 is 14.2 Å². The van der Waals surface area contributed by atoms with Crippen LogP contribution in [0.15, 0.2) is 79.1 Å².